The molecule has 0 atom stereocenters. The zero-order chi connectivity index (χ0) is 24.5. The molecule has 174 valence electrons. The Hall–Kier alpha value is -4.98. The summed E-state index contributed by atoms with van der Waals surface area (Å²) in [6.07, 6.45) is 5.27. The first-order chi connectivity index (χ1) is 17.6. The van der Waals surface area contributed by atoms with Crippen molar-refractivity contribution in [2.45, 2.75) is 0 Å². The van der Waals surface area contributed by atoms with Crippen LogP contribution in [0.1, 0.15) is 0 Å². The van der Waals surface area contributed by atoms with Crippen LogP contribution < -0.4 is 0 Å². The van der Waals surface area contributed by atoms with E-state index >= 15 is 0 Å². The van der Waals surface area contributed by atoms with Crippen molar-refractivity contribution in [2.75, 3.05) is 0 Å². The second-order valence-electron chi connectivity index (χ2n) is 8.05. The SMILES string of the molecule is Fc1ccc(-c2nc(-c3ccc(-n4cc(-c5cccnc5)nn4)cc3)oc2-c2ccc(F)cc2)cc1. The topological polar surface area (TPSA) is 69.6 Å². The minimum Gasteiger partial charge on any atom is -0.435 e. The molecule has 3 aromatic carbocycles. The zero-order valence-electron chi connectivity index (χ0n) is 18.7. The van der Waals surface area contributed by atoms with E-state index in [-0.39, 0.29) is 11.6 Å². The van der Waals surface area contributed by atoms with Crippen LogP contribution in [-0.4, -0.2) is 25.0 Å². The Balaban J connectivity index is 1.36. The summed E-state index contributed by atoms with van der Waals surface area (Å²) in [5.41, 5.74) is 5.03. The van der Waals surface area contributed by atoms with Crippen molar-refractivity contribution in [1.82, 2.24) is 25.0 Å². The van der Waals surface area contributed by atoms with Crippen LogP contribution in [0.3, 0.4) is 0 Å². The molecule has 0 fully saturated rings. The summed E-state index contributed by atoms with van der Waals surface area (Å²) in [6, 6.07) is 23.3. The molecule has 0 spiro atoms. The highest BCUT2D eigenvalue weighted by Gasteiger charge is 2.18. The molecule has 0 bridgehead atoms. The number of hydrogen-bond donors (Lipinski definition) is 0. The number of halogens is 2. The average Bonchev–Trinajstić information content (AvgIpc) is 3.59. The molecule has 6 nitrogen and oxygen atoms in total. The molecule has 0 aliphatic heterocycles. The number of rotatable bonds is 5. The number of aromatic nitrogens is 5. The molecule has 0 aliphatic rings. The Kier molecular flexibility index (Phi) is 5.38. The van der Waals surface area contributed by atoms with Gasteiger partial charge in [-0.3, -0.25) is 4.98 Å². The highest BCUT2D eigenvalue weighted by atomic mass is 19.1. The third-order valence-electron chi connectivity index (χ3n) is 5.68. The van der Waals surface area contributed by atoms with Crippen molar-refractivity contribution < 1.29 is 13.2 Å². The summed E-state index contributed by atoms with van der Waals surface area (Å²) in [7, 11) is 0. The van der Waals surface area contributed by atoms with Crippen LogP contribution in [0, 0.1) is 11.6 Å². The molecule has 3 aromatic heterocycles. The first-order valence-corrected chi connectivity index (χ1v) is 11.1. The summed E-state index contributed by atoms with van der Waals surface area (Å²) in [4.78, 5) is 8.82. The smallest absolute Gasteiger partial charge is 0.227 e. The minimum atomic E-state index is -0.350. The van der Waals surface area contributed by atoms with Gasteiger partial charge in [-0.25, -0.2) is 18.4 Å². The van der Waals surface area contributed by atoms with E-state index < -0.39 is 0 Å². The molecule has 8 heteroatoms. The van der Waals surface area contributed by atoms with Crippen LogP contribution in [0.2, 0.25) is 0 Å². The van der Waals surface area contributed by atoms with Gasteiger partial charge in [-0.1, -0.05) is 5.21 Å². The Morgan fingerprint density at radius 1 is 0.694 bits per heavy atom. The molecule has 36 heavy (non-hydrogen) atoms. The molecule has 6 rings (SSSR count). The van der Waals surface area contributed by atoms with Crippen molar-refractivity contribution in [1.29, 1.82) is 0 Å². The summed E-state index contributed by atoms with van der Waals surface area (Å²) in [5.74, 6) is 0.159. The van der Waals surface area contributed by atoms with Gasteiger partial charge in [0.15, 0.2) is 5.76 Å². The zero-order valence-corrected chi connectivity index (χ0v) is 18.7. The summed E-state index contributed by atoms with van der Waals surface area (Å²) in [5, 5.41) is 8.44. The van der Waals surface area contributed by atoms with Gasteiger partial charge in [-0.15, -0.1) is 5.10 Å². The third kappa shape index (κ3) is 4.16. The van der Waals surface area contributed by atoms with E-state index in [0.29, 0.717) is 34.2 Å². The monoisotopic (exact) mass is 477 g/mol. The largest absolute Gasteiger partial charge is 0.435 e. The second-order valence-corrected chi connectivity index (χ2v) is 8.05. The molecule has 3 heterocycles. The maximum Gasteiger partial charge on any atom is 0.227 e. The van der Waals surface area contributed by atoms with Crippen molar-refractivity contribution in [2.24, 2.45) is 0 Å². The Morgan fingerprint density at radius 2 is 1.36 bits per heavy atom. The Labute approximate surface area is 204 Å². The van der Waals surface area contributed by atoms with Gasteiger partial charge in [0, 0.05) is 34.6 Å². The van der Waals surface area contributed by atoms with Gasteiger partial charge in [-0.2, -0.15) is 0 Å². The molecule has 0 radical (unpaired) electrons. The van der Waals surface area contributed by atoms with E-state index in [0.717, 1.165) is 16.8 Å². The second kappa shape index (κ2) is 8.99. The standard InChI is InChI=1S/C28H17F2N5O/c29-22-9-3-18(4-10-22)26-27(19-5-11-23(30)12-6-19)36-28(32-26)20-7-13-24(14-8-20)35-17-25(33-34-35)21-2-1-15-31-16-21/h1-17H. The third-order valence-corrected chi connectivity index (χ3v) is 5.68. The Bertz CT molecular complexity index is 1560. The number of nitrogens with zero attached hydrogens (tertiary/aromatic N) is 5. The number of benzene rings is 3. The normalized spacial score (nSPS) is 11.1. The highest BCUT2D eigenvalue weighted by molar-refractivity contribution is 5.79. The lowest BCUT2D eigenvalue weighted by molar-refractivity contribution is 0.588. The van der Waals surface area contributed by atoms with Crippen LogP contribution in [0.4, 0.5) is 8.78 Å². The predicted octanol–water partition coefficient (Wildman–Crippen LogP) is 6.60. The van der Waals surface area contributed by atoms with Crippen LogP contribution >= 0.6 is 0 Å². The molecule has 0 saturated carbocycles. The van der Waals surface area contributed by atoms with E-state index in [1.54, 1.807) is 41.3 Å². The van der Waals surface area contributed by atoms with Crippen molar-refractivity contribution >= 4 is 0 Å². The van der Waals surface area contributed by atoms with E-state index in [4.69, 9.17) is 9.40 Å². The van der Waals surface area contributed by atoms with Crippen LogP contribution in [0.25, 0.3) is 51.0 Å². The number of hydrogen-bond acceptors (Lipinski definition) is 5. The molecular weight excluding hydrogens is 460 g/mol. The van der Waals surface area contributed by atoms with Crippen molar-refractivity contribution in [3.05, 3.63) is 115 Å². The van der Waals surface area contributed by atoms with Crippen LogP contribution in [0.15, 0.2) is 108 Å². The van der Waals surface area contributed by atoms with Gasteiger partial charge in [-0.05, 0) is 84.9 Å². The fourth-order valence-corrected chi connectivity index (χ4v) is 3.84. The number of oxazole rings is 1. The lowest BCUT2D eigenvalue weighted by atomic mass is 10.1. The lowest BCUT2D eigenvalue weighted by Crippen LogP contribution is -1.94. The molecule has 0 amide bonds. The van der Waals surface area contributed by atoms with E-state index in [1.807, 2.05) is 42.6 Å². The van der Waals surface area contributed by atoms with Gasteiger partial charge >= 0.3 is 0 Å². The first-order valence-electron chi connectivity index (χ1n) is 11.1. The first kappa shape index (κ1) is 21.5. The van der Waals surface area contributed by atoms with Gasteiger partial charge in [0.05, 0.1) is 11.9 Å². The molecule has 0 aliphatic carbocycles. The summed E-state index contributed by atoms with van der Waals surface area (Å²) in [6.45, 7) is 0. The van der Waals surface area contributed by atoms with Crippen molar-refractivity contribution in [3.63, 3.8) is 0 Å². The van der Waals surface area contributed by atoms with Gasteiger partial charge in [0.25, 0.3) is 0 Å². The fourth-order valence-electron chi connectivity index (χ4n) is 3.84. The summed E-state index contributed by atoms with van der Waals surface area (Å²) < 4.78 is 34.9. The van der Waals surface area contributed by atoms with E-state index in [9.17, 15) is 8.78 Å². The molecule has 0 N–H and O–H groups in total. The maximum absolute atomic E-state index is 13.5. The maximum atomic E-state index is 13.5. The van der Waals surface area contributed by atoms with Gasteiger partial charge in [0.2, 0.25) is 5.89 Å². The van der Waals surface area contributed by atoms with Crippen LogP contribution in [-0.2, 0) is 0 Å². The average molecular weight is 477 g/mol. The quantitative estimate of drug-likeness (QED) is 0.280. The van der Waals surface area contributed by atoms with Gasteiger partial charge in [0.1, 0.15) is 23.0 Å². The molecule has 0 unspecified atom stereocenters. The highest BCUT2D eigenvalue weighted by Crippen LogP contribution is 2.36. The minimum absolute atomic E-state index is 0.346. The fraction of sp³-hybridized carbons (Fsp3) is 0. The summed E-state index contributed by atoms with van der Waals surface area (Å²) >= 11 is 0. The Morgan fingerprint density at radius 3 is 2.03 bits per heavy atom. The number of pyridine rings is 1. The van der Waals surface area contributed by atoms with E-state index in [2.05, 4.69) is 15.3 Å². The van der Waals surface area contributed by atoms with Crippen molar-refractivity contribution in [3.8, 4) is 51.0 Å². The van der Waals surface area contributed by atoms with Crippen LogP contribution in [0.5, 0.6) is 0 Å². The molecular formula is C28H17F2N5O. The molecule has 6 aromatic rings. The lowest BCUT2D eigenvalue weighted by Gasteiger charge is -2.02. The van der Waals surface area contributed by atoms with E-state index in [1.165, 1.54) is 24.3 Å². The predicted molar refractivity (Wildman–Crippen MR) is 131 cm³/mol. The molecule has 0 saturated heterocycles. The van der Waals surface area contributed by atoms with Gasteiger partial charge < -0.3 is 4.42 Å².